The van der Waals surface area contributed by atoms with E-state index >= 15 is 0 Å². The molecule has 1 N–H and O–H groups in total. The number of hydrogen-bond donors (Lipinski definition) is 1. The van der Waals surface area contributed by atoms with Crippen molar-refractivity contribution in [3.05, 3.63) is 29.8 Å². The van der Waals surface area contributed by atoms with Crippen molar-refractivity contribution >= 4 is 5.71 Å². The second kappa shape index (κ2) is 6.91. The molecular weight excluding hydrogens is 218 g/mol. The molecule has 0 spiro atoms. The molecular formula is C13H19NO3. The van der Waals surface area contributed by atoms with Crippen LogP contribution in [0.25, 0.3) is 0 Å². The zero-order valence-electron chi connectivity index (χ0n) is 10.5. The van der Waals surface area contributed by atoms with Crippen molar-refractivity contribution in [1.29, 1.82) is 0 Å². The molecule has 1 unspecified atom stereocenters. The summed E-state index contributed by atoms with van der Waals surface area (Å²) in [5.41, 5.74) is 1.81. The van der Waals surface area contributed by atoms with Crippen LogP contribution in [0.1, 0.15) is 25.8 Å². The monoisotopic (exact) mass is 237 g/mol. The number of oxime groups is 1. The maximum Gasteiger partial charge on any atom is 0.142 e. The van der Waals surface area contributed by atoms with E-state index in [1.807, 2.05) is 31.2 Å². The van der Waals surface area contributed by atoms with Crippen LogP contribution < -0.4 is 4.74 Å². The number of nitrogens with zero attached hydrogens (tertiary/aromatic N) is 1. The summed E-state index contributed by atoms with van der Waals surface area (Å²) in [5, 5.41) is 13.1. The van der Waals surface area contributed by atoms with Crippen molar-refractivity contribution in [1.82, 2.24) is 0 Å². The fraction of sp³-hybridized carbons (Fsp3) is 0.462. The molecule has 94 valence electrons. The Bertz CT molecular complexity index is 357. The van der Waals surface area contributed by atoms with Gasteiger partial charge in [-0.2, -0.15) is 0 Å². The molecule has 0 saturated heterocycles. The van der Waals surface area contributed by atoms with Gasteiger partial charge >= 0.3 is 0 Å². The minimum atomic E-state index is -0.386. The Labute approximate surface area is 102 Å². The smallest absolute Gasteiger partial charge is 0.142 e. The summed E-state index contributed by atoms with van der Waals surface area (Å²) in [7, 11) is 1.63. The highest BCUT2D eigenvalue weighted by molar-refractivity contribution is 5.81. The van der Waals surface area contributed by atoms with E-state index in [4.69, 9.17) is 14.7 Å². The van der Waals surface area contributed by atoms with E-state index < -0.39 is 0 Å². The lowest BCUT2D eigenvalue weighted by molar-refractivity contribution is 0.127. The molecule has 4 nitrogen and oxygen atoms in total. The quantitative estimate of drug-likeness (QED) is 0.610. The average Bonchev–Trinajstić information content (AvgIpc) is 2.29. The molecule has 0 aliphatic carbocycles. The first-order valence-electron chi connectivity index (χ1n) is 5.58. The van der Waals surface area contributed by atoms with Crippen LogP contribution in [0.4, 0.5) is 0 Å². The maximum absolute atomic E-state index is 9.15. The minimum absolute atomic E-state index is 0.386. The van der Waals surface area contributed by atoms with Gasteiger partial charge < -0.3 is 14.7 Å². The van der Waals surface area contributed by atoms with Crippen molar-refractivity contribution in [3.8, 4) is 5.75 Å². The first-order chi connectivity index (χ1) is 8.11. The van der Waals surface area contributed by atoms with Gasteiger partial charge in [0.1, 0.15) is 12.4 Å². The molecule has 0 aliphatic heterocycles. The Balaban J connectivity index is 2.39. The Morgan fingerprint density at radius 3 is 2.53 bits per heavy atom. The van der Waals surface area contributed by atoms with Crippen LogP contribution in [0.15, 0.2) is 29.4 Å². The predicted octanol–water partition coefficient (Wildman–Crippen LogP) is 2.36. The van der Waals surface area contributed by atoms with Crippen LogP contribution in [-0.2, 0) is 11.4 Å². The predicted molar refractivity (Wildman–Crippen MR) is 67.2 cm³/mol. The van der Waals surface area contributed by atoms with Crippen molar-refractivity contribution in [2.45, 2.75) is 33.0 Å². The average molecular weight is 237 g/mol. The van der Waals surface area contributed by atoms with Gasteiger partial charge in [0.05, 0.1) is 18.9 Å². The number of hydrogen-bond acceptors (Lipinski definition) is 4. The molecule has 0 radical (unpaired) electrons. The van der Waals surface area contributed by atoms with Gasteiger partial charge in [0.15, 0.2) is 0 Å². The number of aliphatic hydroxyl groups excluding tert-OH is 1. The van der Waals surface area contributed by atoms with Gasteiger partial charge in [0, 0.05) is 6.42 Å². The van der Waals surface area contributed by atoms with Crippen LogP contribution in [-0.4, -0.2) is 24.0 Å². The SMILES string of the molecule is COc1ccc(CO/N=C(\C)CC(C)O)cc1. The Hall–Kier alpha value is -1.55. The number of methoxy groups -OCH3 is 1. The molecule has 0 bridgehead atoms. The molecule has 0 heterocycles. The highest BCUT2D eigenvalue weighted by atomic mass is 16.6. The zero-order chi connectivity index (χ0) is 12.7. The van der Waals surface area contributed by atoms with Gasteiger partial charge in [0.25, 0.3) is 0 Å². The standard InChI is InChI=1S/C13H19NO3/c1-10(8-11(2)15)14-17-9-12-4-6-13(16-3)7-5-12/h4-7,11,15H,8-9H2,1-3H3/b14-10+. The molecule has 0 aliphatic rings. The van der Waals surface area contributed by atoms with E-state index in [1.165, 1.54) is 0 Å². The number of ether oxygens (including phenoxy) is 1. The van der Waals surface area contributed by atoms with Crippen molar-refractivity contribution in [2.24, 2.45) is 5.16 Å². The molecule has 1 atom stereocenters. The molecule has 4 heteroatoms. The molecule has 17 heavy (non-hydrogen) atoms. The van der Waals surface area contributed by atoms with Crippen LogP contribution in [0, 0.1) is 0 Å². The summed E-state index contributed by atoms with van der Waals surface area (Å²) < 4.78 is 5.06. The Kier molecular flexibility index (Phi) is 5.49. The molecule has 1 rings (SSSR count). The van der Waals surface area contributed by atoms with Gasteiger partial charge in [-0.1, -0.05) is 17.3 Å². The van der Waals surface area contributed by atoms with E-state index in [2.05, 4.69) is 5.16 Å². The van der Waals surface area contributed by atoms with Crippen LogP contribution >= 0.6 is 0 Å². The van der Waals surface area contributed by atoms with Crippen LogP contribution in [0.2, 0.25) is 0 Å². The third-order valence-corrected chi connectivity index (χ3v) is 2.20. The summed E-state index contributed by atoms with van der Waals surface area (Å²) >= 11 is 0. The van der Waals surface area contributed by atoms with E-state index in [9.17, 15) is 0 Å². The first-order valence-corrected chi connectivity index (χ1v) is 5.58. The topological polar surface area (TPSA) is 51.0 Å². The van der Waals surface area contributed by atoms with E-state index in [-0.39, 0.29) is 6.10 Å². The normalized spacial score (nSPS) is 13.3. The van der Waals surface area contributed by atoms with Crippen LogP contribution in [0.3, 0.4) is 0 Å². The second-order valence-electron chi connectivity index (χ2n) is 4.00. The third kappa shape index (κ3) is 5.36. The van der Waals surface area contributed by atoms with Gasteiger partial charge in [-0.15, -0.1) is 0 Å². The van der Waals surface area contributed by atoms with Gasteiger partial charge in [-0.25, -0.2) is 0 Å². The van der Waals surface area contributed by atoms with Crippen LogP contribution in [0.5, 0.6) is 5.75 Å². The highest BCUT2D eigenvalue weighted by Gasteiger charge is 1.99. The fourth-order valence-corrected chi connectivity index (χ4v) is 1.40. The van der Waals surface area contributed by atoms with Crippen molar-refractivity contribution < 1.29 is 14.7 Å². The summed E-state index contributed by atoms with van der Waals surface area (Å²) in [5.74, 6) is 0.822. The van der Waals surface area contributed by atoms with Gasteiger partial charge in [0.2, 0.25) is 0 Å². The largest absolute Gasteiger partial charge is 0.497 e. The summed E-state index contributed by atoms with van der Waals surface area (Å²) in [6.07, 6.45) is 0.145. The molecule has 0 fully saturated rings. The van der Waals surface area contributed by atoms with E-state index in [0.29, 0.717) is 13.0 Å². The molecule has 0 amide bonds. The Morgan fingerprint density at radius 1 is 1.35 bits per heavy atom. The zero-order valence-corrected chi connectivity index (χ0v) is 10.5. The van der Waals surface area contributed by atoms with E-state index in [1.54, 1.807) is 14.0 Å². The molecule has 0 saturated carbocycles. The lowest BCUT2D eigenvalue weighted by atomic mass is 10.2. The summed E-state index contributed by atoms with van der Waals surface area (Å²) in [4.78, 5) is 5.19. The summed E-state index contributed by atoms with van der Waals surface area (Å²) in [6, 6.07) is 7.62. The number of aliphatic hydroxyl groups is 1. The second-order valence-corrected chi connectivity index (χ2v) is 4.00. The lowest BCUT2D eigenvalue weighted by Gasteiger charge is -2.05. The highest BCUT2D eigenvalue weighted by Crippen LogP contribution is 2.12. The fourth-order valence-electron chi connectivity index (χ4n) is 1.40. The molecule has 1 aromatic rings. The Morgan fingerprint density at radius 2 is 2.00 bits per heavy atom. The molecule has 0 aromatic heterocycles. The summed E-state index contributed by atoms with van der Waals surface area (Å²) in [6.45, 7) is 3.98. The third-order valence-electron chi connectivity index (χ3n) is 2.20. The van der Waals surface area contributed by atoms with Gasteiger partial charge in [-0.3, -0.25) is 0 Å². The van der Waals surface area contributed by atoms with Gasteiger partial charge in [-0.05, 0) is 31.5 Å². The van der Waals surface area contributed by atoms with Crippen molar-refractivity contribution in [2.75, 3.05) is 7.11 Å². The number of rotatable bonds is 6. The van der Waals surface area contributed by atoms with E-state index in [0.717, 1.165) is 17.0 Å². The first kappa shape index (κ1) is 13.5. The maximum atomic E-state index is 9.15. The van der Waals surface area contributed by atoms with Crippen molar-refractivity contribution in [3.63, 3.8) is 0 Å². The number of benzene rings is 1. The minimum Gasteiger partial charge on any atom is -0.497 e. The lowest BCUT2D eigenvalue weighted by Crippen LogP contribution is -2.06. The molecule has 1 aromatic carbocycles.